The van der Waals surface area contributed by atoms with Crippen LogP contribution in [0.15, 0.2) is 23.1 Å². The maximum Gasteiger partial charge on any atom is 0.337 e. The van der Waals surface area contributed by atoms with Crippen LogP contribution in [0.5, 0.6) is 0 Å². The molecular formula is C14H20N2O4S. The van der Waals surface area contributed by atoms with Crippen molar-refractivity contribution in [2.75, 3.05) is 27.2 Å². The van der Waals surface area contributed by atoms with Gasteiger partial charge in [0.05, 0.1) is 17.6 Å². The summed E-state index contributed by atoms with van der Waals surface area (Å²) in [6.45, 7) is 2.65. The smallest absolute Gasteiger partial charge is 0.337 e. The number of nitrogens with one attached hydrogen (secondary N) is 1. The summed E-state index contributed by atoms with van der Waals surface area (Å²) in [4.78, 5) is 11.8. The van der Waals surface area contributed by atoms with E-state index in [2.05, 4.69) is 10.1 Å². The van der Waals surface area contributed by atoms with Gasteiger partial charge in [-0.05, 0) is 38.1 Å². The van der Waals surface area contributed by atoms with E-state index in [0.29, 0.717) is 18.7 Å². The molecule has 21 heavy (non-hydrogen) atoms. The zero-order chi connectivity index (χ0) is 15.6. The van der Waals surface area contributed by atoms with Crippen LogP contribution < -0.4 is 5.32 Å². The van der Waals surface area contributed by atoms with Crippen molar-refractivity contribution < 1.29 is 17.9 Å². The summed E-state index contributed by atoms with van der Waals surface area (Å²) >= 11 is 0. The molecule has 116 valence electrons. The fourth-order valence-electron chi connectivity index (χ4n) is 2.44. The van der Waals surface area contributed by atoms with E-state index in [9.17, 15) is 13.2 Å². The third kappa shape index (κ3) is 3.09. The lowest BCUT2D eigenvalue weighted by molar-refractivity contribution is 0.0600. The normalized spacial score (nSPS) is 19.7. The Balaban J connectivity index is 2.38. The molecule has 7 heteroatoms. The topological polar surface area (TPSA) is 75.7 Å². The Morgan fingerprint density at radius 3 is 2.71 bits per heavy atom. The predicted molar refractivity (Wildman–Crippen MR) is 78.7 cm³/mol. The second-order valence-electron chi connectivity index (χ2n) is 5.11. The Hall–Kier alpha value is -1.44. The van der Waals surface area contributed by atoms with E-state index < -0.39 is 16.0 Å². The minimum absolute atomic E-state index is 0.169. The van der Waals surface area contributed by atoms with Crippen LogP contribution in [0.2, 0.25) is 0 Å². The Labute approximate surface area is 125 Å². The summed E-state index contributed by atoms with van der Waals surface area (Å²) in [6.07, 6.45) is 0.783. The molecule has 1 unspecified atom stereocenters. The summed E-state index contributed by atoms with van der Waals surface area (Å²) in [5.41, 5.74) is 0.863. The average Bonchev–Trinajstić information content (AvgIpc) is 2.96. The van der Waals surface area contributed by atoms with Crippen molar-refractivity contribution in [2.24, 2.45) is 0 Å². The van der Waals surface area contributed by atoms with Crippen molar-refractivity contribution in [2.45, 2.75) is 24.3 Å². The quantitative estimate of drug-likeness (QED) is 0.831. The Kier molecular flexibility index (Phi) is 4.65. The number of rotatable bonds is 4. The van der Waals surface area contributed by atoms with Crippen molar-refractivity contribution in [3.63, 3.8) is 0 Å². The molecule has 1 aromatic carbocycles. The summed E-state index contributed by atoms with van der Waals surface area (Å²) in [6, 6.07) is 4.76. The molecule has 1 aromatic rings. The highest BCUT2D eigenvalue weighted by Crippen LogP contribution is 2.25. The molecule has 0 spiro atoms. The number of carbonyl (C=O) groups is 1. The van der Waals surface area contributed by atoms with Crippen LogP contribution in [-0.4, -0.2) is 52.0 Å². The molecule has 0 bridgehead atoms. The minimum atomic E-state index is -3.59. The molecule has 0 saturated carbocycles. The average molecular weight is 312 g/mol. The van der Waals surface area contributed by atoms with Gasteiger partial charge in [-0.15, -0.1) is 0 Å². The van der Waals surface area contributed by atoms with Crippen molar-refractivity contribution in [1.29, 1.82) is 0 Å². The lowest BCUT2D eigenvalue weighted by Gasteiger charge is -2.18. The highest BCUT2D eigenvalue weighted by Gasteiger charge is 2.33. The lowest BCUT2D eigenvalue weighted by atomic mass is 10.1. The summed E-state index contributed by atoms with van der Waals surface area (Å²) in [5, 5.41) is 3.09. The zero-order valence-electron chi connectivity index (χ0n) is 12.4. The number of benzene rings is 1. The number of sulfonamides is 1. The number of carbonyl (C=O) groups excluding carboxylic acids is 1. The molecule has 1 atom stereocenters. The van der Waals surface area contributed by atoms with Gasteiger partial charge >= 0.3 is 5.97 Å². The molecule has 0 aliphatic carbocycles. The first-order valence-corrected chi connectivity index (χ1v) is 8.20. The highest BCUT2D eigenvalue weighted by molar-refractivity contribution is 7.89. The molecule has 0 amide bonds. The van der Waals surface area contributed by atoms with E-state index in [1.54, 1.807) is 19.1 Å². The third-order valence-corrected chi connectivity index (χ3v) is 5.79. The first-order chi connectivity index (χ1) is 9.90. The van der Waals surface area contributed by atoms with Crippen LogP contribution in [0.4, 0.5) is 0 Å². The van der Waals surface area contributed by atoms with Gasteiger partial charge in [0, 0.05) is 19.1 Å². The van der Waals surface area contributed by atoms with Gasteiger partial charge in [0.2, 0.25) is 10.0 Å². The number of aryl methyl sites for hydroxylation is 1. The largest absolute Gasteiger partial charge is 0.465 e. The van der Waals surface area contributed by atoms with E-state index in [4.69, 9.17) is 0 Å². The molecule has 1 aliphatic heterocycles. The number of esters is 1. The van der Waals surface area contributed by atoms with Crippen LogP contribution in [0, 0.1) is 6.92 Å². The molecule has 2 rings (SSSR count). The van der Waals surface area contributed by atoms with Gasteiger partial charge in [-0.2, -0.15) is 4.31 Å². The molecule has 6 nitrogen and oxygen atoms in total. The molecule has 1 N–H and O–H groups in total. The molecule has 1 saturated heterocycles. The van der Waals surface area contributed by atoms with Crippen LogP contribution in [0.25, 0.3) is 0 Å². The fourth-order valence-corrected chi connectivity index (χ4v) is 4.20. The van der Waals surface area contributed by atoms with Gasteiger partial charge < -0.3 is 10.1 Å². The van der Waals surface area contributed by atoms with Gasteiger partial charge in [-0.3, -0.25) is 0 Å². The number of ether oxygens (including phenoxy) is 1. The summed E-state index contributed by atoms with van der Waals surface area (Å²) < 4.78 is 31.6. The van der Waals surface area contributed by atoms with E-state index in [1.165, 1.54) is 17.5 Å². The van der Waals surface area contributed by atoms with E-state index in [0.717, 1.165) is 6.42 Å². The highest BCUT2D eigenvalue weighted by atomic mass is 32.2. The molecule has 0 aromatic heterocycles. The maximum atomic E-state index is 12.7. The number of hydrogen-bond donors (Lipinski definition) is 1. The first kappa shape index (κ1) is 15.9. The third-order valence-electron chi connectivity index (χ3n) is 3.79. The summed E-state index contributed by atoms with van der Waals surface area (Å²) in [7, 11) is -0.496. The Morgan fingerprint density at radius 2 is 2.14 bits per heavy atom. The van der Waals surface area contributed by atoms with Gasteiger partial charge in [-0.25, -0.2) is 13.2 Å². The van der Waals surface area contributed by atoms with Crippen LogP contribution >= 0.6 is 0 Å². The van der Waals surface area contributed by atoms with Crippen molar-refractivity contribution in [3.8, 4) is 0 Å². The molecule has 1 fully saturated rings. The van der Waals surface area contributed by atoms with Crippen molar-refractivity contribution in [3.05, 3.63) is 29.3 Å². The maximum absolute atomic E-state index is 12.7. The second kappa shape index (κ2) is 6.13. The molecule has 1 heterocycles. The Morgan fingerprint density at radius 1 is 1.43 bits per heavy atom. The lowest BCUT2D eigenvalue weighted by Crippen LogP contribution is -2.33. The zero-order valence-corrected chi connectivity index (χ0v) is 13.2. The standard InChI is InChI=1S/C14H20N2O4S/c1-10-4-5-11(14(17)20-3)8-13(10)21(18,19)16-7-6-12(9-16)15-2/h4-5,8,12,15H,6-7,9H2,1-3H3. The SMILES string of the molecule is CNC1CCN(S(=O)(=O)c2cc(C(=O)OC)ccc2C)C1. The van der Waals surface area contributed by atoms with Crippen LogP contribution in [0.1, 0.15) is 22.3 Å². The number of nitrogens with zero attached hydrogens (tertiary/aromatic N) is 1. The van der Waals surface area contributed by atoms with Crippen molar-refractivity contribution in [1.82, 2.24) is 9.62 Å². The summed E-state index contributed by atoms with van der Waals surface area (Å²) in [5.74, 6) is -0.541. The molecule has 0 radical (unpaired) electrons. The monoisotopic (exact) mass is 312 g/mol. The van der Waals surface area contributed by atoms with E-state index in [-0.39, 0.29) is 16.5 Å². The Bertz CT molecular complexity index is 642. The van der Waals surface area contributed by atoms with Gasteiger partial charge in [0.25, 0.3) is 0 Å². The van der Waals surface area contributed by atoms with Crippen LogP contribution in [0.3, 0.4) is 0 Å². The van der Waals surface area contributed by atoms with Crippen LogP contribution in [-0.2, 0) is 14.8 Å². The minimum Gasteiger partial charge on any atom is -0.465 e. The van der Waals surface area contributed by atoms with Gasteiger partial charge in [0.15, 0.2) is 0 Å². The molecular weight excluding hydrogens is 292 g/mol. The first-order valence-electron chi connectivity index (χ1n) is 6.76. The second-order valence-corrected chi connectivity index (χ2v) is 7.02. The van der Waals surface area contributed by atoms with Gasteiger partial charge in [0.1, 0.15) is 0 Å². The predicted octanol–water partition coefficient (Wildman–Crippen LogP) is 0.764. The van der Waals surface area contributed by atoms with E-state index in [1.807, 2.05) is 7.05 Å². The van der Waals surface area contributed by atoms with E-state index >= 15 is 0 Å². The number of hydrogen-bond acceptors (Lipinski definition) is 5. The number of likely N-dealkylation sites (N-methyl/N-ethyl adjacent to an activating group) is 1. The van der Waals surface area contributed by atoms with Gasteiger partial charge in [-0.1, -0.05) is 6.07 Å². The number of methoxy groups -OCH3 is 1. The molecule has 1 aliphatic rings. The van der Waals surface area contributed by atoms with Crippen molar-refractivity contribution >= 4 is 16.0 Å². The fraction of sp³-hybridized carbons (Fsp3) is 0.500.